The predicted molar refractivity (Wildman–Crippen MR) is 102 cm³/mol. The maximum Gasteiger partial charge on any atom is 0.320 e. The van der Waals surface area contributed by atoms with E-state index in [9.17, 15) is 9.59 Å². The van der Waals surface area contributed by atoms with E-state index in [1.807, 2.05) is 12.1 Å². The van der Waals surface area contributed by atoms with Gasteiger partial charge in [0.05, 0.1) is 38.6 Å². The Kier molecular flexibility index (Phi) is 11.4. The summed E-state index contributed by atoms with van der Waals surface area (Å²) < 4.78 is 15.6. The van der Waals surface area contributed by atoms with E-state index in [2.05, 4.69) is 24.1 Å². The quantitative estimate of drug-likeness (QED) is 0.485. The Morgan fingerprint density at radius 1 is 1.22 bits per heavy atom. The van der Waals surface area contributed by atoms with Gasteiger partial charge in [-0.05, 0) is 32.1 Å². The van der Waals surface area contributed by atoms with Gasteiger partial charge in [-0.3, -0.25) is 19.4 Å². The number of rotatable bonds is 14. The molecular weight excluding hydrogens is 350 g/mol. The van der Waals surface area contributed by atoms with Crippen molar-refractivity contribution in [2.24, 2.45) is 0 Å². The molecule has 0 spiro atoms. The first kappa shape index (κ1) is 23.1. The zero-order valence-corrected chi connectivity index (χ0v) is 16.9. The van der Waals surface area contributed by atoms with E-state index in [4.69, 9.17) is 13.9 Å². The Balaban J connectivity index is 2.63. The van der Waals surface area contributed by atoms with E-state index in [1.54, 1.807) is 25.2 Å². The van der Waals surface area contributed by atoms with Crippen LogP contribution in [0.15, 0.2) is 22.8 Å². The number of carbonyl (C=O) groups is 2. The molecule has 154 valence electrons. The molecule has 27 heavy (non-hydrogen) atoms. The summed E-state index contributed by atoms with van der Waals surface area (Å²) in [6, 6.07) is 3.73. The molecule has 8 heteroatoms. The normalized spacial score (nSPS) is 12.4. The van der Waals surface area contributed by atoms with Crippen molar-refractivity contribution in [3.63, 3.8) is 0 Å². The number of nitrogens with zero attached hydrogens (tertiary/aromatic N) is 2. The number of hydrogen-bond acceptors (Lipinski definition) is 7. The minimum absolute atomic E-state index is 0.0311. The van der Waals surface area contributed by atoms with E-state index in [1.165, 1.54) is 0 Å². The van der Waals surface area contributed by atoms with Crippen LogP contribution >= 0.6 is 0 Å². The van der Waals surface area contributed by atoms with Crippen molar-refractivity contribution in [1.29, 1.82) is 0 Å². The van der Waals surface area contributed by atoms with Crippen LogP contribution in [0.3, 0.4) is 0 Å². The van der Waals surface area contributed by atoms with Gasteiger partial charge in [-0.15, -0.1) is 0 Å². The van der Waals surface area contributed by atoms with Crippen LogP contribution in [0.4, 0.5) is 0 Å². The molecule has 8 nitrogen and oxygen atoms in total. The highest BCUT2D eigenvalue weighted by Gasteiger charge is 2.22. The second-order valence-electron chi connectivity index (χ2n) is 6.06. The lowest BCUT2D eigenvalue weighted by molar-refractivity contribution is -0.144. The maximum atomic E-state index is 12.4. The lowest BCUT2D eigenvalue weighted by Gasteiger charge is -2.28. The Bertz CT molecular complexity index is 531. The fraction of sp³-hybridized carbons (Fsp3) is 0.684. The summed E-state index contributed by atoms with van der Waals surface area (Å²) in [5.74, 6) is 0.318. The monoisotopic (exact) mass is 383 g/mol. The van der Waals surface area contributed by atoms with Crippen molar-refractivity contribution in [3.05, 3.63) is 24.2 Å². The second kappa shape index (κ2) is 13.3. The standard InChI is InChI=1S/C19H33N3O5/c1-5-22(6-2)16(17-9-8-11-27-17)13-20-18(23)14-21(10-12-25-4)15-19(24)26-7-3/h8-9,11,16H,5-7,10,12-15H2,1-4H3,(H,20,23). The predicted octanol–water partition coefficient (Wildman–Crippen LogP) is 1.29. The van der Waals surface area contributed by atoms with Crippen molar-refractivity contribution in [3.8, 4) is 0 Å². The maximum absolute atomic E-state index is 12.4. The topological polar surface area (TPSA) is 84.2 Å². The van der Waals surface area contributed by atoms with Gasteiger partial charge in [0.1, 0.15) is 5.76 Å². The van der Waals surface area contributed by atoms with Gasteiger partial charge in [-0.1, -0.05) is 13.8 Å². The number of amides is 1. The molecule has 0 fully saturated rings. The first-order valence-electron chi connectivity index (χ1n) is 9.46. The molecule has 1 atom stereocenters. The third-order valence-electron chi connectivity index (χ3n) is 4.25. The molecule has 0 aliphatic heterocycles. The van der Waals surface area contributed by atoms with E-state index in [0.29, 0.717) is 26.3 Å². The number of hydrogen-bond donors (Lipinski definition) is 1. The van der Waals surface area contributed by atoms with Crippen molar-refractivity contribution in [2.75, 3.05) is 59.6 Å². The van der Waals surface area contributed by atoms with Gasteiger partial charge in [0.15, 0.2) is 0 Å². The van der Waals surface area contributed by atoms with Crippen LogP contribution < -0.4 is 5.32 Å². The zero-order valence-electron chi connectivity index (χ0n) is 16.9. The molecule has 0 aliphatic carbocycles. The summed E-state index contributed by atoms with van der Waals surface area (Å²) in [7, 11) is 1.58. The average Bonchev–Trinajstić information content (AvgIpc) is 3.17. The summed E-state index contributed by atoms with van der Waals surface area (Å²) in [6.07, 6.45) is 1.64. The third-order valence-corrected chi connectivity index (χ3v) is 4.25. The van der Waals surface area contributed by atoms with Crippen LogP contribution in [0, 0.1) is 0 Å². The van der Waals surface area contributed by atoms with Gasteiger partial charge in [0.25, 0.3) is 0 Å². The SMILES string of the molecule is CCOC(=O)CN(CCOC)CC(=O)NCC(c1ccco1)N(CC)CC. The van der Waals surface area contributed by atoms with Crippen molar-refractivity contribution >= 4 is 11.9 Å². The molecule has 0 saturated heterocycles. The van der Waals surface area contributed by atoms with Gasteiger partial charge in [-0.2, -0.15) is 0 Å². The molecular formula is C19H33N3O5. The van der Waals surface area contributed by atoms with E-state index in [-0.39, 0.29) is 31.0 Å². The molecule has 0 radical (unpaired) electrons. The highest BCUT2D eigenvalue weighted by atomic mass is 16.5. The minimum atomic E-state index is -0.349. The second-order valence-corrected chi connectivity index (χ2v) is 6.06. The molecule has 1 aromatic heterocycles. The number of furan rings is 1. The summed E-state index contributed by atoms with van der Waals surface area (Å²) in [4.78, 5) is 28.1. The zero-order chi connectivity index (χ0) is 20.1. The summed E-state index contributed by atoms with van der Waals surface area (Å²) in [5.41, 5.74) is 0. The molecule has 0 aliphatic rings. The smallest absolute Gasteiger partial charge is 0.320 e. The molecule has 0 aromatic carbocycles. The Morgan fingerprint density at radius 3 is 2.52 bits per heavy atom. The summed E-state index contributed by atoms with van der Waals surface area (Å²) >= 11 is 0. The largest absolute Gasteiger partial charge is 0.468 e. The van der Waals surface area contributed by atoms with E-state index < -0.39 is 0 Å². The van der Waals surface area contributed by atoms with Crippen LogP contribution in [0.5, 0.6) is 0 Å². The van der Waals surface area contributed by atoms with Crippen LogP contribution in [0.2, 0.25) is 0 Å². The molecule has 1 rings (SSSR count). The summed E-state index contributed by atoms with van der Waals surface area (Å²) in [6.45, 7) is 9.42. The van der Waals surface area contributed by atoms with Crippen LogP contribution in [0.25, 0.3) is 0 Å². The molecule has 0 bridgehead atoms. The number of methoxy groups -OCH3 is 1. The molecule has 1 unspecified atom stereocenters. The van der Waals surface area contributed by atoms with Crippen molar-refractivity contribution in [1.82, 2.24) is 15.1 Å². The molecule has 1 heterocycles. The van der Waals surface area contributed by atoms with Crippen molar-refractivity contribution < 1.29 is 23.5 Å². The lowest BCUT2D eigenvalue weighted by atomic mass is 10.2. The first-order valence-corrected chi connectivity index (χ1v) is 9.46. The van der Waals surface area contributed by atoms with E-state index in [0.717, 1.165) is 18.8 Å². The molecule has 1 N–H and O–H groups in total. The number of carbonyl (C=O) groups excluding carboxylic acids is 2. The highest BCUT2D eigenvalue weighted by Crippen LogP contribution is 2.20. The van der Waals surface area contributed by atoms with Gasteiger partial charge in [-0.25, -0.2) is 0 Å². The van der Waals surface area contributed by atoms with E-state index >= 15 is 0 Å². The minimum Gasteiger partial charge on any atom is -0.468 e. The van der Waals surface area contributed by atoms with Crippen LogP contribution in [-0.4, -0.2) is 81.3 Å². The Morgan fingerprint density at radius 2 is 1.96 bits per heavy atom. The van der Waals surface area contributed by atoms with Gasteiger partial charge in [0, 0.05) is 20.2 Å². The number of ether oxygens (including phenoxy) is 2. The number of esters is 1. The van der Waals surface area contributed by atoms with Gasteiger partial charge in [0.2, 0.25) is 5.91 Å². The highest BCUT2D eigenvalue weighted by molar-refractivity contribution is 5.79. The van der Waals surface area contributed by atoms with Crippen LogP contribution in [-0.2, 0) is 19.1 Å². The Hall–Kier alpha value is -1.90. The average molecular weight is 383 g/mol. The molecule has 1 amide bonds. The van der Waals surface area contributed by atoms with Gasteiger partial charge < -0.3 is 19.2 Å². The molecule has 1 aromatic rings. The van der Waals surface area contributed by atoms with Crippen LogP contribution in [0.1, 0.15) is 32.6 Å². The Labute approximate surface area is 161 Å². The third kappa shape index (κ3) is 8.55. The molecule has 0 saturated carbocycles. The lowest BCUT2D eigenvalue weighted by Crippen LogP contribution is -2.44. The number of likely N-dealkylation sites (N-methyl/N-ethyl adjacent to an activating group) is 1. The van der Waals surface area contributed by atoms with Gasteiger partial charge >= 0.3 is 5.97 Å². The van der Waals surface area contributed by atoms with Crippen molar-refractivity contribution in [2.45, 2.75) is 26.8 Å². The fourth-order valence-electron chi connectivity index (χ4n) is 2.85. The summed E-state index contributed by atoms with van der Waals surface area (Å²) in [5, 5.41) is 2.96. The number of nitrogens with one attached hydrogen (secondary N) is 1. The fourth-order valence-corrected chi connectivity index (χ4v) is 2.85. The first-order chi connectivity index (χ1) is 13.0.